The van der Waals surface area contributed by atoms with Crippen molar-refractivity contribution in [1.82, 2.24) is 9.88 Å². The third-order valence-corrected chi connectivity index (χ3v) is 5.96. The highest BCUT2D eigenvalue weighted by atomic mass is 35.5. The highest BCUT2D eigenvalue weighted by Crippen LogP contribution is 2.32. The molecule has 1 aromatic heterocycles. The zero-order chi connectivity index (χ0) is 21.7. The lowest BCUT2D eigenvalue weighted by Gasteiger charge is -2.24. The fourth-order valence-corrected chi connectivity index (χ4v) is 4.10. The molecule has 0 aliphatic heterocycles. The van der Waals surface area contributed by atoms with Crippen LogP contribution >= 0.6 is 11.3 Å². The predicted octanol–water partition coefficient (Wildman–Crippen LogP) is 1.21. The van der Waals surface area contributed by atoms with Crippen molar-refractivity contribution >= 4 is 38.3 Å². The number of thiazole rings is 1. The summed E-state index contributed by atoms with van der Waals surface area (Å²) >= 11 is 1.42. The Morgan fingerprint density at radius 2 is 1.81 bits per heavy atom. The van der Waals surface area contributed by atoms with Gasteiger partial charge in [-0.2, -0.15) is 0 Å². The molecule has 1 amide bonds. The van der Waals surface area contributed by atoms with Gasteiger partial charge in [-0.15, -0.1) is 0 Å². The SMILES string of the molecule is CCN(CC)CCN(C(=O)c1ccc([N+](=O)[O-])cc1)c1nc2ccc(OC)cc2s1.[Cl-]. The molecule has 0 saturated carbocycles. The number of hydrogen-bond donors (Lipinski definition) is 0. The van der Waals surface area contributed by atoms with Crippen LogP contribution in [0.15, 0.2) is 42.5 Å². The normalized spacial score (nSPS) is 10.7. The minimum Gasteiger partial charge on any atom is -1.00 e. The second kappa shape index (κ2) is 11.0. The molecule has 0 bridgehead atoms. The van der Waals surface area contributed by atoms with Gasteiger partial charge < -0.3 is 22.0 Å². The highest BCUT2D eigenvalue weighted by Gasteiger charge is 2.22. The van der Waals surface area contributed by atoms with Gasteiger partial charge in [0.2, 0.25) is 0 Å². The number of anilines is 1. The van der Waals surface area contributed by atoms with Crippen molar-refractivity contribution < 1.29 is 26.9 Å². The molecule has 0 saturated heterocycles. The number of rotatable bonds is 9. The van der Waals surface area contributed by atoms with Gasteiger partial charge in [-0.25, -0.2) is 4.98 Å². The van der Waals surface area contributed by atoms with Crippen LogP contribution in [0.2, 0.25) is 0 Å². The molecule has 2 aromatic carbocycles. The van der Waals surface area contributed by atoms with Crippen LogP contribution in [0.1, 0.15) is 24.2 Å². The van der Waals surface area contributed by atoms with Crippen molar-refractivity contribution in [1.29, 1.82) is 0 Å². The number of nitro groups is 1. The summed E-state index contributed by atoms with van der Waals surface area (Å²) in [6.45, 7) is 7.09. The van der Waals surface area contributed by atoms with Gasteiger partial charge in [0.25, 0.3) is 11.6 Å². The van der Waals surface area contributed by atoms with Crippen LogP contribution in [0.5, 0.6) is 5.75 Å². The topological polar surface area (TPSA) is 88.8 Å². The maximum atomic E-state index is 13.3. The smallest absolute Gasteiger partial charge is 0.269 e. The van der Waals surface area contributed by atoms with E-state index in [1.165, 1.54) is 35.6 Å². The summed E-state index contributed by atoms with van der Waals surface area (Å²) in [5.41, 5.74) is 1.13. The molecule has 8 nitrogen and oxygen atoms in total. The molecule has 0 aliphatic rings. The van der Waals surface area contributed by atoms with Crippen molar-refractivity contribution in [2.75, 3.05) is 38.2 Å². The van der Waals surface area contributed by atoms with E-state index in [0.29, 0.717) is 23.8 Å². The lowest BCUT2D eigenvalue weighted by atomic mass is 10.2. The molecule has 0 spiro atoms. The van der Waals surface area contributed by atoms with Gasteiger partial charge >= 0.3 is 0 Å². The second-order valence-corrected chi connectivity index (χ2v) is 7.63. The standard InChI is InChI=1S/C21H24N4O4S.ClH/c1-4-23(5-2)12-13-24(20(26)15-6-8-16(9-7-15)25(27)28)21-22-18-11-10-17(29-3)14-19(18)30-21;/h6-11,14H,4-5,12-13H2,1-3H3;1H/p-1. The number of fused-ring (bicyclic) bond motifs is 1. The van der Waals surface area contributed by atoms with E-state index in [4.69, 9.17) is 4.74 Å². The molecule has 0 aliphatic carbocycles. The summed E-state index contributed by atoms with van der Waals surface area (Å²) in [6, 6.07) is 11.3. The van der Waals surface area contributed by atoms with Crippen molar-refractivity contribution in [3.63, 3.8) is 0 Å². The summed E-state index contributed by atoms with van der Waals surface area (Å²) in [4.78, 5) is 32.3. The summed E-state index contributed by atoms with van der Waals surface area (Å²) < 4.78 is 6.21. The number of carbonyl (C=O) groups is 1. The van der Waals surface area contributed by atoms with E-state index in [1.807, 2.05) is 18.2 Å². The molecule has 31 heavy (non-hydrogen) atoms. The van der Waals surface area contributed by atoms with Gasteiger partial charge in [0.15, 0.2) is 5.13 Å². The molecule has 0 unspecified atom stereocenters. The summed E-state index contributed by atoms with van der Waals surface area (Å²) in [7, 11) is 1.61. The lowest BCUT2D eigenvalue weighted by molar-refractivity contribution is -0.384. The van der Waals surface area contributed by atoms with Gasteiger partial charge in [0.05, 0.1) is 22.2 Å². The van der Waals surface area contributed by atoms with Crippen LogP contribution in [0.3, 0.4) is 0 Å². The third-order valence-electron chi connectivity index (χ3n) is 4.92. The Kier molecular flexibility index (Phi) is 8.73. The fourth-order valence-electron chi connectivity index (χ4n) is 3.08. The molecule has 3 rings (SSSR count). The molecule has 0 N–H and O–H groups in total. The Labute approximate surface area is 191 Å². The summed E-state index contributed by atoms with van der Waals surface area (Å²) in [5, 5.41) is 11.5. The monoisotopic (exact) mass is 463 g/mol. The zero-order valence-electron chi connectivity index (χ0n) is 17.6. The first-order valence-electron chi connectivity index (χ1n) is 9.70. The third kappa shape index (κ3) is 5.69. The van der Waals surface area contributed by atoms with E-state index >= 15 is 0 Å². The number of nitrogens with zero attached hydrogens (tertiary/aromatic N) is 4. The van der Waals surface area contributed by atoms with Gasteiger partial charge in [-0.1, -0.05) is 25.2 Å². The molecule has 3 aromatic rings. The number of halogens is 1. The molecule has 0 atom stereocenters. The number of nitro benzene ring substituents is 1. The van der Waals surface area contributed by atoms with Crippen molar-refractivity contribution in [2.45, 2.75) is 13.8 Å². The Bertz CT molecular complexity index is 1040. The molecule has 166 valence electrons. The number of amides is 1. The molecule has 0 fully saturated rings. The number of benzene rings is 2. The Morgan fingerprint density at radius 3 is 2.39 bits per heavy atom. The maximum Gasteiger partial charge on any atom is 0.269 e. The molecule has 0 radical (unpaired) electrons. The molecular weight excluding hydrogens is 440 g/mol. The molecular formula is C21H24ClN4O4S-. The van der Waals surface area contributed by atoms with Crippen LogP contribution in [0, 0.1) is 10.1 Å². The number of hydrogen-bond acceptors (Lipinski definition) is 7. The van der Waals surface area contributed by atoms with E-state index in [2.05, 4.69) is 23.7 Å². The van der Waals surface area contributed by atoms with Crippen LogP contribution in [0.4, 0.5) is 10.8 Å². The van der Waals surface area contributed by atoms with Crippen LogP contribution in [0.25, 0.3) is 10.2 Å². The van der Waals surface area contributed by atoms with Gasteiger partial charge in [0, 0.05) is 30.8 Å². The minimum absolute atomic E-state index is 0. The number of methoxy groups -OCH3 is 1. The minimum atomic E-state index is -0.479. The lowest BCUT2D eigenvalue weighted by Crippen LogP contribution is -3.00. The number of aromatic nitrogens is 1. The average Bonchev–Trinajstić information content (AvgIpc) is 3.19. The first-order chi connectivity index (χ1) is 14.5. The Morgan fingerprint density at radius 1 is 1.13 bits per heavy atom. The summed E-state index contributed by atoms with van der Waals surface area (Å²) in [6.07, 6.45) is 0. The largest absolute Gasteiger partial charge is 1.00 e. The predicted molar refractivity (Wildman–Crippen MR) is 119 cm³/mol. The quantitative estimate of drug-likeness (QED) is 0.350. The Balaban J connectivity index is 0.00000341. The van der Waals surface area contributed by atoms with Crippen LogP contribution in [-0.4, -0.2) is 54.0 Å². The fraction of sp³-hybridized carbons (Fsp3) is 0.333. The van der Waals surface area contributed by atoms with Gasteiger partial charge in [0.1, 0.15) is 5.75 Å². The van der Waals surface area contributed by atoms with Crippen LogP contribution in [-0.2, 0) is 0 Å². The van der Waals surface area contributed by atoms with Crippen molar-refractivity contribution in [3.8, 4) is 5.75 Å². The summed E-state index contributed by atoms with van der Waals surface area (Å²) in [5.74, 6) is 0.497. The van der Waals surface area contributed by atoms with E-state index < -0.39 is 4.92 Å². The molecule has 10 heteroatoms. The maximum absolute atomic E-state index is 13.3. The number of carbonyl (C=O) groups excluding carboxylic acids is 1. The van der Waals surface area contributed by atoms with Gasteiger partial charge in [-0.05, 0) is 43.4 Å². The van der Waals surface area contributed by atoms with Crippen LogP contribution < -0.4 is 22.0 Å². The van der Waals surface area contributed by atoms with Crippen molar-refractivity contribution in [3.05, 3.63) is 58.1 Å². The van der Waals surface area contributed by atoms with E-state index in [1.54, 1.807) is 12.0 Å². The average molecular weight is 464 g/mol. The Hall–Kier alpha value is -2.75. The first kappa shape index (κ1) is 24.5. The number of likely N-dealkylation sites (N-methyl/N-ethyl adjacent to an activating group) is 1. The van der Waals surface area contributed by atoms with Gasteiger partial charge in [-0.3, -0.25) is 19.8 Å². The van der Waals surface area contributed by atoms with Crippen molar-refractivity contribution in [2.24, 2.45) is 0 Å². The highest BCUT2D eigenvalue weighted by molar-refractivity contribution is 7.22. The van der Waals surface area contributed by atoms with E-state index in [9.17, 15) is 14.9 Å². The zero-order valence-corrected chi connectivity index (χ0v) is 19.2. The van der Waals surface area contributed by atoms with E-state index in [-0.39, 0.29) is 24.0 Å². The first-order valence-corrected chi connectivity index (χ1v) is 10.5. The number of ether oxygens (including phenoxy) is 1. The van der Waals surface area contributed by atoms with E-state index in [0.717, 1.165) is 29.1 Å². The second-order valence-electron chi connectivity index (χ2n) is 6.62. The molecule has 1 heterocycles. The number of non-ortho nitro benzene ring substituents is 1.